The van der Waals surface area contributed by atoms with Crippen LogP contribution >= 0.6 is 35.0 Å². The Hall–Kier alpha value is -2.81. The number of hydrogen-bond donors (Lipinski definition) is 2. The van der Waals surface area contributed by atoms with E-state index < -0.39 is 0 Å². The molecule has 3 aromatic rings. The van der Waals surface area contributed by atoms with Crippen molar-refractivity contribution in [3.05, 3.63) is 76.0 Å². The first-order chi connectivity index (χ1) is 14.9. The highest BCUT2D eigenvalue weighted by atomic mass is 35.5. The first-order valence-electron chi connectivity index (χ1n) is 9.20. The van der Waals surface area contributed by atoms with Crippen molar-refractivity contribution in [2.24, 2.45) is 7.05 Å². The summed E-state index contributed by atoms with van der Waals surface area (Å²) in [7, 11) is 1.77. The molecule has 0 saturated carbocycles. The van der Waals surface area contributed by atoms with Crippen LogP contribution in [0.3, 0.4) is 0 Å². The summed E-state index contributed by atoms with van der Waals surface area (Å²) in [4.78, 5) is 24.2. The number of benzene rings is 2. The third-order valence-corrected chi connectivity index (χ3v) is 5.84. The SMILES string of the molecule is Cn1c(CNC(=O)C=Cc2ccccc2Cl)nnc1SCC(=O)Nc1ccccc1Cl. The number of hydrogen-bond acceptors (Lipinski definition) is 5. The molecule has 0 aliphatic rings. The molecule has 2 N–H and O–H groups in total. The zero-order valence-corrected chi connectivity index (χ0v) is 18.8. The fraction of sp³-hybridized carbons (Fsp3) is 0.143. The monoisotopic (exact) mass is 475 g/mol. The lowest BCUT2D eigenvalue weighted by atomic mass is 10.2. The lowest BCUT2D eigenvalue weighted by Gasteiger charge is -2.07. The Morgan fingerprint density at radius 2 is 1.77 bits per heavy atom. The highest BCUT2D eigenvalue weighted by Crippen LogP contribution is 2.22. The molecule has 2 aromatic carbocycles. The fourth-order valence-corrected chi connectivity index (χ4v) is 3.62. The zero-order chi connectivity index (χ0) is 22.2. The Bertz CT molecular complexity index is 1120. The van der Waals surface area contributed by atoms with Crippen LogP contribution in [0.5, 0.6) is 0 Å². The Morgan fingerprint density at radius 1 is 1.06 bits per heavy atom. The molecule has 10 heteroatoms. The maximum atomic E-state index is 12.2. The van der Waals surface area contributed by atoms with Crippen molar-refractivity contribution >= 4 is 58.5 Å². The maximum Gasteiger partial charge on any atom is 0.244 e. The van der Waals surface area contributed by atoms with Gasteiger partial charge in [-0.3, -0.25) is 9.59 Å². The molecule has 31 heavy (non-hydrogen) atoms. The zero-order valence-electron chi connectivity index (χ0n) is 16.5. The summed E-state index contributed by atoms with van der Waals surface area (Å²) in [6.07, 6.45) is 3.06. The van der Waals surface area contributed by atoms with Crippen molar-refractivity contribution in [3.8, 4) is 0 Å². The maximum absolute atomic E-state index is 12.2. The summed E-state index contributed by atoms with van der Waals surface area (Å²) in [5.74, 6) is 0.217. The topological polar surface area (TPSA) is 88.9 Å². The van der Waals surface area contributed by atoms with Gasteiger partial charge in [-0.1, -0.05) is 65.3 Å². The number of para-hydroxylation sites is 1. The summed E-state index contributed by atoms with van der Waals surface area (Å²) >= 11 is 13.4. The third kappa shape index (κ3) is 6.58. The van der Waals surface area contributed by atoms with Crippen molar-refractivity contribution < 1.29 is 9.59 Å². The Morgan fingerprint density at radius 3 is 2.52 bits per heavy atom. The van der Waals surface area contributed by atoms with E-state index in [9.17, 15) is 9.59 Å². The molecule has 0 bridgehead atoms. The first-order valence-corrected chi connectivity index (χ1v) is 10.9. The normalized spacial score (nSPS) is 10.9. The van der Waals surface area contributed by atoms with Gasteiger partial charge in [0.15, 0.2) is 11.0 Å². The highest BCUT2D eigenvalue weighted by molar-refractivity contribution is 7.99. The lowest BCUT2D eigenvalue weighted by molar-refractivity contribution is -0.116. The number of amides is 2. The third-order valence-electron chi connectivity index (χ3n) is 4.15. The van der Waals surface area contributed by atoms with Crippen LogP contribution in [-0.4, -0.2) is 32.3 Å². The van der Waals surface area contributed by atoms with E-state index in [-0.39, 0.29) is 24.1 Å². The first kappa shape index (κ1) is 22.9. The van der Waals surface area contributed by atoms with Crippen molar-refractivity contribution in [1.29, 1.82) is 0 Å². The van der Waals surface area contributed by atoms with E-state index in [0.29, 0.717) is 26.7 Å². The van der Waals surface area contributed by atoms with Crippen LogP contribution in [0.1, 0.15) is 11.4 Å². The van der Waals surface area contributed by atoms with Gasteiger partial charge in [0.1, 0.15) is 0 Å². The van der Waals surface area contributed by atoms with Gasteiger partial charge in [-0.05, 0) is 29.8 Å². The van der Waals surface area contributed by atoms with Gasteiger partial charge < -0.3 is 15.2 Å². The van der Waals surface area contributed by atoms with E-state index in [1.165, 1.54) is 17.8 Å². The molecule has 3 rings (SSSR count). The molecule has 160 valence electrons. The van der Waals surface area contributed by atoms with Gasteiger partial charge in [0.25, 0.3) is 0 Å². The molecular weight excluding hydrogens is 457 g/mol. The molecule has 0 fully saturated rings. The van der Waals surface area contributed by atoms with Crippen molar-refractivity contribution in [2.75, 3.05) is 11.1 Å². The number of rotatable bonds is 8. The fourth-order valence-electron chi connectivity index (χ4n) is 2.50. The number of halogens is 2. The average molecular weight is 476 g/mol. The van der Waals surface area contributed by atoms with Gasteiger partial charge >= 0.3 is 0 Å². The van der Waals surface area contributed by atoms with Crippen LogP contribution in [0.15, 0.2) is 59.8 Å². The molecule has 0 unspecified atom stereocenters. The molecule has 0 aliphatic heterocycles. The van der Waals surface area contributed by atoms with Crippen molar-refractivity contribution in [1.82, 2.24) is 20.1 Å². The van der Waals surface area contributed by atoms with Gasteiger partial charge in [0, 0.05) is 18.1 Å². The van der Waals surface area contributed by atoms with Gasteiger partial charge in [-0.25, -0.2) is 0 Å². The highest BCUT2D eigenvalue weighted by Gasteiger charge is 2.13. The van der Waals surface area contributed by atoms with Crippen LogP contribution in [0.4, 0.5) is 5.69 Å². The van der Waals surface area contributed by atoms with Gasteiger partial charge in [0.05, 0.1) is 23.0 Å². The number of carbonyl (C=O) groups is 2. The molecule has 1 heterocycles. The second-order valence-corrected chi connectivity index (χ2v) is 8.10. The Kier molecular flexibility index (Phi) is 8.11. The Balaban J connectivity index is 1.49. The van der Waals surface area contributed by atoms with Crippen LogP contribution in [0, 0.1) is 0 Å². The second kappa shape index (κ2) is 11.0. The quantitative estimate of drug-likeness (QED) is 0.376. The predicted molar refractivity (Wildman–Crippen MR) is 124 cm³/mol. The molecule has 1 aromatic heterocycles. The largest absolute Gasteiger partial charge is 0.345 e. The van der Waals surface area contributed by atoms with E-state index in [1.807, 2.05) is 18.2 Å². The average Bonchev–Trinajstić information content (AvgIpc) is 3.11. The molecule has 2 amide bonds. The molecule has 0 radical (unpaired) electrons. The molecular formula is C21H19Cl2N5O2S. The standard InChI is InChI=1S/C21H19Cl2N5O2S/c1-28-18(12-24-19(29)11-10-14-6-2-3-7-15(14)22)26-27-21(28)31-13-20(30)25-17-9-5-4-8-16(17)23/h2-11H,12-13H2,1H3,(H,24,29)(H,25,30). The van der Waals surface area contributed by atoms with Crippen molar-refractivity contribution in [3.63, 3.8) is 0 Å². The minimum atomic E-state index is -0.281. The number of nitrogens with one attached hydrogen (secondary N) is 2. The number of aromatic nitrogens is 3. The van der Waals surface area contributed by atoms with E-state index in [1.54, 1.807) is 48.0 Å². The van der Waals surface area contributed by atoms with E-state index in [2.05, 4.69) is 20.8 Å². The second-order valence-electron chi connectivity index (χ2n) is 6.35. The smallest absolute Gasteiger partial charge is 0.244 e. The Labute approximate surface area is 193 Å². The van der Waals surface area contributed by atoms with Crippen LogP contribution in [-0.2, 0) is 23.2 Å². The molecule has 7 nitrogen and oxygen atoms in total. The minimum Gasteiger partial charge on any atom is -0.345 e. The number of nitrogens with zero attached hydrogens (tertiary/aromatic N) is 3. The van der Waals surface area contributed by atoms with E-state index in [4.69, 9.17) is 23.2 Å². The van der Waals surface area contributed by atoms with Gasteiger partial charge in [0.2, 0.25) is 11.8 Å². The summed E-state index contributed by atoms with van der Waals surface area (Å²) in [5, 5.41) is 15.3. The molecule has 0 saturated heterocycles. The summed E-state index contributed by atoms with van der Waals surface area (Å²) in [6, 6.07) is 14.3. The molecule has 0 aliphatic carbocycles. The van der Waals surface area contributed by atoms with E-state index >= 15 is 0 Å². The minimum absolute atomic E-state index is 0.143. The molecule has 0 atom stereocenters. The van der Waals surface area contributed by atoms with Crippen LogP contribution < -0.4 is 10.6 Å². The predicted octanol–water partition coefficient (Wildman–Crippen LogP) is 4.18. The lowest BCUT2D eigenvalue weighted by Crippen LogP contribution is -2.22. The van der Waals surface area contributed by atoms with Crippen LogP contribution in [0.2, 0.25) is 10.0 Å². The number of carbonyl (C=O) groups excluding carboxylic acids is 2. The summed E-state index contributed by atoms with van der Waals surface area (Å²) in [5.41, 5.74) is 1.31. The molecule has 0 spiro atoms. The van der Waals surface area contributed by atoms with Gasteiger partial charge in [-0.15, -0.1) is 10.2 Å². The summed E-state index contributed by atoms with van der Waals surface area (Å²) < 4.78 is 1.73. The van der Waals surface area contributed by atoms with Gasteiger partial charge in [-0.2, -0.15) is 0 Å². The van der Waals surface area contributed by atoms with Crippen molar-refractivity contribution in [2.45, 2.75) is 11.7 Å². The number of anilines is 1. The van der Waals surface area contributed by atoms with Crippen LogP contribution in [0.25, 0.3) is 6.08 Å². The van der Waals surface area contributed by atoms with E-state index in [0.717, 1.165) is 5.56 Å². The summed E-state index contributed by atoms with van der Waals surface area (Å²) in [6.45, 7) is 0.196. The number of thioether (sulfide) groups is 1.